The van der Waals surface area contributed by atoms with E-state index < -0.39 is 5.60 Å². The van der Waals surface area contributed by atoms with Gasteiger partial charge in [-0.05, 0) is 59.3 Å². The molecule has 1 saturated carbocycles. The molecular formula is C16H31NO3. The van der Waals surface area contributed by atoms with Crippen molar-refractivity contribution in [1.82, 2.24) is 4.90 Å². The highest BCUT2D eigenvalue weighted by Gasteiger charge is 2.35. The molecule has 4 heteroatoms. The van der Waals surface area contributed by atoms with Gasteiger partial charge in [-0.25, -0.2) is 4.79 Å². The van der Waals surface area contributed by atoms with Gasteiger partial charge in [0.1, 0.15) is 5.60 Å². The van der Waals surface area contributed by atoms with Crippen LogP contribution in [0.25, 0.3) is 0 Å². The molecule has 1 rings (SSSR count). The van der Waals surface area contributed by atoms with Crippen molar-refractivity contribution in [1.29, 1.82) is 0 Å². The van der Waals surface area contributed by atoms with Crippen molar-refractivity contribution in [2.75, 3.05) is 0 Å². The van der Waals surface area contributed by atoms with Crippen LogP contribution < -0.4 is 0 Å². The van der Waals surface area contributed by atoms with Crippen molar-refractivity contribution in [2.24, 2.45) is 5.92 Å². The molecule has 0 radical (unpaired) electrons. The van der Waals surface area contributed by atoms with Gasteiger partial charge < -0.3 is 14.7 Å². The normalized spacial score (nSPS) is 25.4. The maximum Gasteiger partial charge on any atom is 0.410 e. The van der Waals surface area contributed by atoms with Crippen LogP contribution in [0.5, 0.6) is 0 Å². The van der Waals surface area contributed by atoms with E-state index in [1.54, 1.807) is 0 Å². The molecule has 0 aromatic rings. The van der Waals surface area contributed by atoms with E-state index in [-0.39, 0.29) is 24.3 Å². The van der Waals surface area contributed by atoms with Gasteiger partial charge in [0.25, 0.3) is 0 Å². The molecule has 4 nitrogen and oxygen atoms in total. The summed E-state index contributed by atoms with van der Waals surface area (Å²) >= 11 is 0. The molecule has 1 aliphatic rings. The second kappa shape index (κ2) is 6.79. The molecule has 1 N–H and O–H groups in total. The van der Waals surface area contributed by atoms with Gasteiger partial charge >= 0.3 is 6.09 Å². The summed E-state index contributed by atoms with van der Waals surface area (Å²) < 4.78 is 5.58. The van der Waals surface area contributed by atoms with E-state index in [9.17, 15) is 9.90 Å². The lowest BCUT2D eigenvalue weighted by Crippen LogP contribution is -2.51. The van der Waals surface area contributed by atoms with Gasteiger partial charge in [0.05, 0.1) is 6.10 Å². The third-order valence-electron chi connectivity index (χ3n) is 4.07. The highest BCUT2D eigenvalue weighted by atomic mass is 16.6. The number of ether oxygens (including phenoxy) is 1. The Morgan fingerprint density at radius 2 is 1.65 bits per heavy atom. The van der Waals surface area contributed by atoms with Crippen LogP contribution in [-0.4, -0.2) is 39.9 Å². The molecule has 0 spiro atoms. The summed E-state index contributed by atoms with van der Waals surface area (Å²) in [6.07, 6.45) is 2.83. The van der Waals surface area contributed by atoms with E-state index in [4.69, 9.17) is 4.74 Å². The number of rotatable bonds is 3. The van der Waals surface area contributed by atoms with E-state index >= 15 is 0 Å². The molecule has 0 aromatic heterocycles. The predicted octanol–water partition coefficient (Wildman–Crippen LogP) is 3.57. The molecule has 1 atom stereocenters. The van der Waals surface area contributed by atoms with Gasteiger partial charge in [-0.2, -0.15) is 0 Å². The van der Waals surface area contributed by atoms with Gasteiger partial charge in [-0.1, -0.05) is 13.8 Å². The van der Waals surface area contributed by atoms with Crippen LogP contribution >= 0.6 is 0 Å². The Bertz CT molecular complexity index is 314. The molecule has 1 amide bonds. The lowest BCUT2D eigenvalue weighted by atomic mass is 9.90. The van der Waals surface area contributed by atoms with Crippen molar-refractivity contribution < 1.29 is 14.6 Å². The quantitative estimate of drug-likeness (QED) is 0.862. The summed E-state index contributed by atoms with van der Waals surface area (Å²) in [5, 5.41) is 9.65. The summed E-state index contributed by atoms with van der Waals surface area (Å²) in [5.74, 6) is 0.384. The molecule has 0 aliphatic heterocycles. The first-order chi connectivity index (χ1) is 9.11. The van der Waals surface area contributed by atoms with Gasteiger partial charge in [-0.15, -0.1) is 0 Å². The highest BCUT2D eigenvalue weighted by Crippen LogP contribution is 2.28. The van der Waals surface area contributed by atoms with Crippen LogP contribution in [0.1, 0.15) is 67.2 Å². The van der Waals surface area contributed by atoms with Gasteiger partial charge in [0.15, 0.2) is 0 Å². The fourth-order valence-corrected chi connectivity index (χ4v) is 2.62. The summed E-state index contributed by atoms with van der Waals surface area (Å²) in [5.41, 5.74) is -0.472. The number of hydrogen-bond acceptors (Lipinski definition) is 3. The van der Waals surface area contributed by atoms with Gasteiger partial charge in [0.2, 0.25) is 0 Å². The van der Waals surface area contributed by atoms with E-state index in [0.717, 1.165) is 25.7 Å². The van der Waals surface area contributed by atoms with Gasteiger partial charge in [-0.3, -0.25) is 0 Å². The van der Waals surface area contributed by atoms with Crippen molar-refractivity contribution in [3.63, 3.8) is 0 Å². The molecule has 118 valence electrons. The number of carbonyl (C=O) groups is 1. The lowest BCUT2D eigenvalue weighted by Gasteiger charge is -2.41. The minimum Gasteiger partial charge on any atom is -0.444 e. The zero-order valence-corrected chi connectivity index (χ0v) is 13.8. The number of aliphatic hydroxyl groups excluding tert-OH is 1. The first-order valence-electron chi connectivity index (χ1n) is 7.81. The SMILES string of the molecule is CC(C)C(C)N(C(=O)OC(C)(C)C)C1CCC(O)CC1. The maximum atomic E-state index is 12.5. The minimum absolute atomic E-state index is 0.144. The fourth-order valence-electron chi connectivity index (χ4n) is 2.62. The minimum atomic E-state index is -0.472. The summed E-state index contributed by atoms with van der Waals surface area (Å²) in [6.45, 7) is 12.0. The van der Waals surface area contributed by atoms with Crippen LogP contribution in [-0.2, 0) is 4.74 Å². The molecule has 0 aromatic carbocycles. The monoisotopic (exact) mass is 285 g/mol. The summed E-state index contributed by atoms with van der Waals surface area (Å²) in [6, 6.07) is 0.329. The molecule has 20 heavy (non-hydrogen) atoms. The Balaban J connectivity index is 2.82. The first kappa shape index (κ1) is 17.3. The summed E-state index contributed by atoms with van der Waals surface area (Å²) in [7, 11) is 0. The van der Waals surface area contributed by atoms with E-state index in [2.05, 4.69) is 20.8 Å². The Morgan fingerprint density at radius 1 is 1.15 bits per heavy atom. The van der Waals surface area contributed by atoms with Gasteiger partial charge in [0, 0.05) is 12.1 Å². The maximum absolute atomic E-state index is 12.5. The number of hydrogen-bond donors (Lipinski definition) is 1. The molecule has 0 heterocycles. The van der Waals surface area contributed by atoms with Crippen LogP contribution in [0.15, 0.2) is 0 Å². The third-order valence-corrected chi connectivity index (χ3v) is 4.07. The van der Waals surface area contributed by atoms with E-state index in [1.165, 1.54) is 0 Å². The standard InChI is InChI=1S/C16H31NO3/c1-11(2)12(3)17(15(19)20-16(4,5)6)13-7-9-14(18)10-8-13/h11-14,18H,7-10H2,1-6H3. The first-order valence-corrected chi connectivity index (χ1v) is 7.81. The Kier molecular flexibility index (Phi) is 5.87. The number of nitrogens with zero attached hydrogens (tertiary/aromatic N) is 1. The zero-order chi connectivity index (χ0) is 15.5. The topological polar surface area (TPSA) is 49.8 Å². The lowest BCUT2D eigenvalue weighted by molar-refractivity contribution is -0.0111. The molecule has 1 aliphatic carbocycles. The van der Waals surface area contributed by atoms with Crippen molar-refractivity contribution in [3.05, 3.63) is 0 Å². The largest absolute Gasteiger partial charge is 0.444 e. The molecule has 1 unspecified atom stereocenters. The smallest absolute Gasteiger partial charge is 0.410 e. The van der Waals surface area contributed by atoms with Crippen LogP contribution in [0.3, 0.4) is 0 Å². The van der Waals surface area contributed by atoms with Crippen molar-refractivity contribution in [2.45, 2.75) is 91.0 Å². The Hall–Kier alpha value is -0.770. The zero-order valence-electron chi connectivity index (χ0n) is 13.8. The van der Waals surface area contributed by atoms with E-state index in [0.29, 0.717) is 5.92 Å². The predicted molar refractivity (Wildman–Crippen MR) is 80.6 cm³/mol. The third kappa shape index (κ3) is 4.97. The average molecular weight is 285 g/mol. The second-order valence-corrected chi connectivity index (χ2v) is 7.33. The fraction of sp³-hybridized carbons (Fsp3) is 0.938. The molecular weight excluding hydrogens is 254 g/mol. The number of aliphatic hydroxyl groups is 1. The second-order valence-electron chi connectivity index (χ2n) is 7.33. The molecule has 1 fully saturated rings. The Morgan fingerprint density at radius 3 is 2.05 bits per heavy atom. The average Bonchev–Trinajstić information content (AvgIpc) is 2.29. The number of carbonyl (C=O) groups excluding carboxylic acids is 1. The van der Waals surface area contributed by atoms with Crippen LogP contribution in [0.4, 0.5) is 4.79 Å². The van der Waals surface area contributed by atoms with Crippen molar-refractivity contribution in [3.8, 4) is 0 Å². The summed E-state index contributed by atoms with van der Waals surface area (Å²) in [4.78, 5) is 14.4. The van der Waals surface area contributed by atoms with Crippen LogP contribution in [0.2, 0.25) is 0 Å². The molecule has 0 bridgehead atoms. The van der Waals surface area contributed by atoms with Crippen molar-refractivity contribution >= 4 is 6.09 Å². The molecule has 0 saturated heterocycles. The Labute approximate surface area is 123 Å². The van der Waals surface area contributed by atoms with Crippen LogP contribution in [0, 0.1) is 5.92 Å². The highest BCUT2D eigenvalue weighted by molar-refractivity contribution is 5.69. The van der Waals surface area contributed by atoms with E-state index in [1.807, 2.05) is 25.7 Å². The number of amides is 1.